The van der Waals surface area contributed by atoms with E-state index in [1.165, 1.54) is 55.5 Å². The average molecular weight is 1850 g/mol. The van der Waals surface area contributed by atoms with Gasteiger partial charge in [0, 0.05) is 0 Å². The highest BCUT2D eigenvalue weighted by molar-refractivity contribution is 5.94. The van der Waals surface area contributed by atoms with E-state index in [-0.39, 0.29) is 171 Å². The molecular weight excluding hydrogens is 1750 g/mol. The third-order valence-corrected chi connectivity index (χ3v) is 22.5. The zero-order chi connectivity index (χ0) is 95.0. The molecule has 0 aromatic heterocycles. The minimum atomic E-state index is -2.17. The van der Waals surface area contributed by atoms with Gasteiger partial charge in [-0.2, -0.15) is 0 Å². The Labute approximate surface area is 806 Å². The average Bonchev–Trinajstić information content (AvgIpc) is 0.763. The van der Waals surface area contributed by atoms with Gasteiger partial charge in [0.05, 0.1) is 28.4 Å². The van der Waals surface area contributed by atoms with Crippen LogP contribution in [0.2, 0.25) is 0 Å². The predicted octanol–water partition coefficient (Wildman–Crippen LogP) is 24.2. The molecular formula is C118H100O21. The molecule has 0 N–H and O–H groups in total. The van der Waals surface area contributed by atoms with Crippen LogP contribution >= 0.6 is 0 Å². The van der Waals surface area contributed by atoms with Crippen molar-refractivity contribution in [2.45, 2.75) is 117 Å². The topological polar surface area (TPSA) is 225 Å². The molecule has 1 aliphatic rings. The Morgan fingerprint density at radius 2 is 0.331 bits per heavy atom. The quantitative estimate of drug-likeness (QED) is 0.0255. The van der Waals surface area contributed by atoms with E-state index in [0.29, 0.717) is 0 Å². The van der Waals surface area contributed by atoms with Crippen LogP contribution in [0.3, 0.4) is 0 Å². The summed E-state index contributed by atoms with van der Waals surface area (Å²) in [6.07, 6.45) is -9.70. The Balaban J connectivity index is 0.835. The number of esters is 4. The summed E-state index contributed by atoms with van der Waals surface area (Å²) in [6.45, 7) is 1.53. The number of hydrogen-bond acceptors (Lipinski definition) is 21. The maximum absolute atomic E-state index is 16.7. The number of benzene rings is 16. The first-order chi connectivity index (χ1) is 68.4. The van der Waals surface area contributed by atoms with E-state index in [1.54, 1.807) is 0 Å². The van der Waals surface area contributed by atoms with Gasteiger partial charge in [0.1, 0.15) is 79.3 Å². The highest BCUT2D eigenvalue weighted by atomic mass is 16.7. The lowest BCUT2D eigenvalue weighted by atomic mass is 9.98. The van der Waals surface area contributed by atoms with Crippen molar-refractivity contribution in [2.24, 2.45) is 0 Å². The minimum Gasteiger partial charge on any atom is -0.485 e. The van der Waals surface area contributed by atoms with Crippen molar-refractivity contribution in [3.63, 3.8) is 0 Å². The summed E-state index contributed by atoms with van der Waals surface area (Å²) in [5.74, 6) is -3.47. The summed E-state index contributed by atoms with van der Waals surface area (Å²) >= 11 is 0. The van der Waals surface area contributed by atoms with Crippen LogP contribution in [0.4, 0.5) is 0 Å². The Morgan fingerprint density at radius 3 is 0.504 bits per heavy atom. The van der Waals surface area contributed by atoms with Crippen LogP contribution in [0.1, 0.15) is 115 Å². The van der Waals surface area contributed by atoms with E-state index in [2.05, 4.69) is 0 Å². The molecule has 21 heteroatoms. The zero-order valence-electron chi connectivity index (χ0n) is 76.2. The molecule has 16 aromatic rings. The van der Waals surface area contributed by atoms with Gasteiger partial charge in [-0.3, -0.25) is 0 Å². The van der Waals surface area contributed by atoms with Crippen LogP contribution in [-0.2, 0) is 103 Å². The molecule has 0 aliphatic carbocycles. The van der Waals surface area contributed by atoms with Gasteiger partial charge in [0.2, 0.25) is 35.4 Å². The summed E-state index contributed by atoms with van der Waals surface area (Å²) < 4.78 is 116. The van der Waals surface area contributed by atoms with Crippen molar-refractivity contribution in [1.29, 1.82) is 0 Å². The van der Waals surface area contributed by atoms with Gasteiger partial charge in [-0.15, -0.1) is 0 Å². The zero-order valence-corrected chi connectivity index (χ0v) is 76.2. The first-order valence-corrected chi connectivity index (χ1v) is 45.7. The standard InChI is InChI=1S/C118H100O21/c1-82-107(136-114(119)95-62-99(123-70-83-38-14-2-15-39-83)108(131-78-91-54-30-10-31-55-91)100(63-95)124-71-84-40-16-3-17-41-84)112(137-115(120)96-64-101(125-72-85-42-18-4-19-43-85)109(132-79-92-56-32-11-33-57-92)102(65-96)126-73-86-44-20-5-21-45-86)113(138-116(121)97-66-103(127-74-87-46-22-6-23-47-87)110(133-80-93-58-34-12-35-59-93)104(67-97)128-75-88-48-24-7-25-49-88)118(135-82)139-117(122)98-68-105(129-76-89-50-26-8-27-51-89)111(134-81-94-60-36-13-37-61-94)106(69-98)130-77-90-52-28-9-29-53-90/h2-69,82,107,112-113,118H,70-81H2,1H3/t82-,107-,112+,113-,118-/m1/s1. The van der Waals surface area contributed by atoms with Gasteiger partial charge in [0.25, 0.3) is 0 Å². The fourth-order valence-corrected chi connectivity index (χ4v) is 15.2. The van der Waals surface area contributed by atoms with E-state index in [4.69, 9.17) is 80.5 Å². The van der Waals surface area contributed by atoms with Crippen LogP contribution in [0.25, 0.3) is 0 Å². The molecule has 16 aromatic carbocycles. The Kier molecular flexibility index (Phi) is 32.2. The summed E-state index contributed by atoms with van der Waals surface area (Å²) in [5, 5.41) is 0. The Hall–Kier alpha value is -17.0. The lowest BCUT2D eigenvalue weighted by molar-refractivity contribution is -0.274. The minimum absolute atomic E-state index is 0.00302. The highest BCUT2D eigenvalue weighted by Gasteiger charge is 2.54. The van der Waals surface area contributed by atoms with Crippen molar-refractivity contribution < 1.29 is 99.7 Å². The van der Waals surface area contributed by atoms with E-state index in [9.17, 15) is 0 Å². The third kappa shape index (κ3) is 26.3. The molecule has 17 rings (SSSR count). The number of carbonyl (C=O) groups excluding carboxylic acids is 4. The van der Waals surface area contributed by atoms with Gasteiger partial charge >= 0.3 is 23.9 Å². The molecule has 5 atom stereocenters. The summed E-state index contributed by atoms with van der Waals surface area (Å²) in [4.78, 5) is 66.0. The summed E-state index contributed by atoms with van der Waals surface area (Å²) in [5.41, 5.74) is 8.62. The summed E-state index contributed by atoms with van der Waals surface area (Å²) in [6, 6.07) is 125. The van der Waals surface area contributed by atoms with E-state index in [0.717, 1.165) is 66.8 Å². The second-order valence-electron chi connectivity index (χ2n) is 32.7. The van der Waals surface area contributed by atoms with Gasteiger partial charge < -0.3 is 80.5 Å². The lowest BCUT2D eigenvalue weighted by Gasteiger charge is -2.43. The summed E-state index contributed by atoms with van der Waals surface area (Å²) in [7, 11) is 0. The fourth-order valence-electron chi connectivity index (χ4n) is 15.2. The Bertz CT molecular complexity index is 6380. The molecule has 1 aliphatic heterocycles. The molecule has 0 saturated carbocycles. The maximum Gasteiger partial charge on any atom is 0.340 e. The van der Waals surface area contributed by atoms with Crippen molar-refractivity contribution in [2.75, 3.05) is 0 Å². The normalized spacial score (nSPS) is 14.2. The van der Waals surface area contributed by atoms with Gasteiger partial charge in [-0.25, -0.2) is 19.2 Å². The molecule has 0 radical (unpaired) electrons. The largest absolute Gasteiger partial charge is 0.485 e. The number of carbonyl (C=O) groups is 4. The van der Waals surface area contributed by atoms with Crippen molar-refractivity contribution in [3.05, 3.63) is 502 Å². The molecule has 139 heavy (non-hydrogen) atoms. The third-order valence-electron chi connectivity index (χ3n) is 22.5. The molecule has 0 bridgehead atoms. The van der Waals surface area contributed by atoms with E-state index < -0.39 is 54.6 Å². The second kappa shape index (κ2) is 47.7. The second-order valence-corrected chi connectivity index (χ2v) is 32.7. The lowest BCUT2D eigenvalue weighted by Crippen LogP contribution is -2.61. The van der Waals surface area contributed by atoms with Crippen molar-refractivity contribution >= 4 is 23.9 Å². The molecule has 1 heterocycles. The molecule has 0 spiro atoms. The van der Waals surface area contributed by atoms with Crippen LogP contribution in [-0.4, -0.2) is 54.6 Å². The number of rotatable bonds is 44. The van der Waals surface area contributed by atoms with Crippen LogP contribution in [0.15, 0.2) is 413 Å². The van der Waals surface area contributed by atoms with Crippen molar-refractivity contribution in [1.82, 2.24) is 0 Å². The van der Waals surface area contributed by atoms with Gasteiger partial charge in [0.15, 0.2) is 58.2 Å². The highest BCUT2D eigenvalue weighted by Crippen LogP contribution is 2.47. The molecule has 21 nitrogen and oxygen atoms in total. The smallest absolute Gasteiger partial charge is 0.340 e. The number of ether oxygens (including phenoxy) is 17. The van der Waals surface area contributed by atoms with E-state index >= 15 is 19.2 Å². The van der Waals surface area contributed by atoms with Gasteiger partial charge in [-0.05, 0) is 122 Å². The molecule has 1 fully saturated rings. The molecule has 0 amide bonds. The van der Waals surface area contributed by atoms with Crippen molar-refractivity contribution in [3.8, 4) is 69.0 Å². The maximum atomic E-state index is 16.7. The molecule has 698 valence electrons. The van der Waals surface area contributed by atoms with Crippen LogP contribution < -0.4 is 56.8 Å². The van der Waals surface area contributed by atoms with Crippen LogP contribution in [0.5, 0.6) is 69.0 Å². The molecule has 0 unspecified atom stereocenters. The number of hydrogen-bond donors (Lipinski definition) is 0. The fraction of sp³-hybridized carbons (Fsp3) is 0.153. The first-order valence-electron chi connectivity index (χ1n) is 45.7. The first kappa shape index (κ1) is 93.8. The molecule has 1 saturated heterocycles. The van der Waals surface area contributed by atoms with Gasteiger partial charge in [-0.1, -0.05) is 364 Å². The Morgan fingerprint density at radius 1 is 0.187 bits per heavy atom. The van der Waals surface area contributed by atoms with E-state index in [1.807, 2.05) is 364 Å². The van der Waals surface area contributed by atoms with Crippen LogP contribution in [0, 0.1) is 0 Å². The monoisotopic (exact) mass is 1850 g/mol. The predicted molar refractivity (Wildman–Crippen MR) is 522 cm³/mol. The SMILES string of the molecule is C[C@H]1O[C@H](OC(=O)c2cc(OCc3ccccc3)c(OCc3ccccc3)c(OCc3ccccc3)c2)[C@H](OC(=O)c2cc(OCc3ccccc3)c(OCc3ccccc3)c(OCc3ccccc3)c2)[C@@H](OC(=O)c2cc(OCc3ccccc3)c(OCc3ccccc3)c(OCc3ccccc3)c2)[C@@H]1OC(=O)c1cc(OCc2ccccc2)c(OCc2ccccc2)c(OCc2ccccc2)c1.